The Balaban J connectivity index is 2.00. The van der Waals surface area contributed by atoms with Gasteiger partial charge in [-0.25, -0.2) is 9.97 Å². The lowest BCUT2D eigenvalue weighted by atomic mass is 10.00. The summed E-state index contributed by atoms with van der Waals surface area (Å²) in [6, 6.07) is 7.80. The van der Waals surface area contributed by atoms with Crippen molar-refractivity contribution in [1.82, 2.24) is 9.97 Å². The molecule has 0 N–H and O–H groups in total. The molecule has 1 aliphatic heterocycles. The molecule has 2 heterocycles. The lowest BCUT2D eigenvalue weighted by Gasteiger charge is -2.30. The van der Waals surface area contributed by atoms with Crippen LogP contribution in [0.4, 0.5) is 19.1 Å². The monoisotopic (exact) mass is 351 g/mol. The molecule has 0 unspecified atom stereocenters. The molecular weight excluding hydrogens is 331 g/mol. The SMILES string of the molecule is COc1ccc(-c2cc(C(F)(F)F)nc(N3CCC(C)CC3)n2)cc1. The molecule has 7 heteroatoms. The van der Waals surface area contributed by atoms with Gasteiger partial charge in [-0.05, 0) is 49.1 Å². The summed E-state index contributed by atoms with van der Waals surface area (Å²) in [5.41, 5.74) is -0.0548. The van der Waals surface area contributed by atoms with E-state index in [0.29, 0.717) is 30.3 Å². The highest BCUT2D eigenvalue weighted by atomic mass is 19.4. The molecular formula is C18H20F3N3O. The average Bonchev–Trinajstić information content (AvgIpc) is 2.61. The quantitative estimate of drug-likeness (QED) is 0.821. The van der Waals surface area contributed by atoms with Crippen molar-refractivity contribution in [2.75, 3.05) is 25.1 Å². The summed E-state index contributed by atoms with van der Waals surface area (Å²) in [4.78, 5) is 10.0. The highest BCUT2D eigenvalue weighted by molar-refractivity contribution is 5.62. The van der Waals surface area contributed by atoms with Crippen LogP contribution >= 0.6 is 0 Å². The highest BCUT2D eigenvalue weighted by Crippen LogP contribution is 2.33. The second-order valence-electron chi connectivity index (χ2n) is 6.33. The zero-order valence-electron chi connectivity index (χ0n) is 14.2. The zero-order chi connectivity index (χ0) is 18.0. The van der Waals surface area contributed by atoms with Gasteiger partial charge in [-0.3, -0.25) is 0 Å². The van der Waals surface area contributed by atoms with Crippen LogP contribution in [-0.4, -0.2) is 30.2 Å². The van der Waals surface area contributed by atoms with Gasteiger partial charge in [0.05, 0.1) is 12.8 Å². The number of rotatable bonds is 3. The van der Waals surface area contributed by atoms with Crippen molar-refractivity contribution >= 4 is 5.95 Å². The van der Waals surface area contributed by atoms with Gasteiger partial charge in [0, 0.05) is 18.7 Å². The molecule has 0 spiro atoms. The molecule has 4 nitrogen and oxygen atoms in total. The molecule has 1 saturated heterocycles. The molecule has 0 aliphatic carbocycles. The average molecular weight is 351 g/mol. The molecule has 134 valence electrons. The van der Waals surface area contributed by atoms with E-state index in [1.54, 1.807) is 24.3 Å². The van der Waals surface area contributed by atoms with Gasteiger partial charge in [-0.2, -0.15) is 13.2 Å². The van der Waals surface area contributed by atoms with E-state index in [1.807, 2.05) is 4.90 Å². The van der Waals surface area contributed by atoms with Crippen LogP contribution in [0, 0.1) is 5.92 Å². The number of benzene rings is 1. The topological polar surface area (TPSA) is 38.2 Å². The maximum atomic E-state index is 13.3. The Bertz CT molecular complexity index is 723. The summed E-state index contributed by atoms with van der Waals surface area (Å²) >= 11 is 0. The molecule has 0 amide bonds. The molecule has 0 radical (unpaired) electrons. The minimum absolute atomic E-state index is 0.146. The standard InChI is InChI=1S/C18H20F3N3O/c1-12-7-9-24(10-8-12)17-22-15(11-16(23-17)18(19,20)21)13-3-5-14(25-2)6-4-13/h3-6,11-12H,7-10H2,1-2H3. The summed E-state index contributed by atoms with van der Waals surface area (Å²) < 4.78 is 44.9. The van der Waals surface area contributed by atoms with Gasteiger partial charge in [0.2, 0.25) is 5.95 Å². The van der Waals surface area contributed by atoms with Crippen LogP contribution in [0.5, 0.6) is 5.75 Å². The Hall–Kier alpha value is -2.31. The third-order valence-corrected chi connectivity index (χ3v) is 4.46. The first-order chi connectivity index (χ1) is 11.9. The Morgan fingerprint density at radius 1 is 1.08 bits per heavy atom. The first-order valence-electron chi connectivity index (χ1n) is 8.22. The summed E-state index contributed by atoms with van der Waals surface area (Å²) in [5.74, 6) is 1.36. The van der Waals surface area contributed by atoms with E-state index in [9.17, 15) is 13.2 Å². The zero-order valence-corrected chi connectivity index (χ0v) is 14.2. The third kappa shape index (κ3) is 4.03. The van der Waals surface area contributed by atoms with E-state index >= 15 is 0 Å². The van der Waals surface area contributed by atoms with Gasteiger partial charge in [0.25, 0.3) is 0 Å². The molecule has 3 rings (SSSR count). The first kappa shape index (κ1) is 17.5. The minimum atomic E-state index is -4.51. The summed E-state index contributed by atoms with van der Waals surface area (Å²) in [6.07, 6.45) is -2.66. The molecule has 2 aromatic rings. The van der Waals surface area contributed by atoms with Crippen LogP contribution in [0.1, 0.15) is 25.5 Å². The molecule has 0 bridgehead atoms. The van der Waals surface area contributed by atoms with Crippen molar-refractivity contribution in [1.29, 1.82) is 0 Å². The van der Waals surface area contributed by atoms with Crippen molar-refractivity contribution in [2.24, 2.45) is 5.92 Å². The molecule has 1 fully saturated rings. The van der Waals surface area contributed by atoms with Crippen molar-refractivity contribution in [3.8, 4) is 17.0 Å². The third-order valence-electron chi connectivity index (χ3n) is 4.46. The number of aromatic nitrogens is 2. The maximum absolute atomic E-state index is 13.3. The number of alkyl halides is 3. The fraction of sp³-hybridized carbons (Fsp3) is 0.444. The van der Waals surface area contributed by atoms with E-state index in [-0.39, 0.29) is 11.6 Å². The Morgan fingerprint density at radius 2 is 1.72 bits per heavy atom. The predicted molar refractivity (Wildman–Crippen MR) is 89.6 cm³/mol. The molecule has 0 saturated carbocycles. The van der Waals surface area contributed by atoms with E-state index < -0.39 is 11.9 Å². The maximum Gasteiger partial charge on any atom is 0.433 e. The van der Waals surface area contributed by atoms with Crippen LogP contribution in [0.2, 0.25) is 0 Å². The normalized spacial score (nSPS) is 16.1. The summed E-state index contributed by atoms with van der Waals surface area (Å²) in [6.45, 7) is 3.49. The van der Waals surface area contributed by atoms with Gasteiger partial charge in [-0.15, -0.1) is 0 Å². The van der Waals surface area contributed by atoms with Gasteiger partial charge in [0.15, 0.2) is 5.69 Å². The molecule has 25 heavy (non-hydrogen) atoms. The second kappa shape index (κ2) is 6.90. The summed E-state index contributed by atoms with van der Waals surface area (Å²) in [7, 11) is 1.54. The molecule has 1 aromatic carbocycles. The Labute approximate surface area is 144 Å². The van der Waals surface area contributed by atoms with Crippen LogP contribution in [-0.2, 0) is 6.18 Å². The molecule has 1 aromatic heterocycles. The number of anilines is 1. The highest BCUT2D eigenvalue weighted by Gasteiger charge is 2.34. The van der Waals surface area contributed by atoms with Crippen LogP contribution < -0.4 is 9.64 Å². The van der Waals surface area contributed by atoms with Gasteiger partial charge in [-0.1, -0.05) is 6.92 Å². The number of nitrogens with zero attached hydrogens (tertiary/aromatic N) is 3. The molecule has 1 aliphatic rings. The Kier molecular flexibility index (Phi) is 4.83. The number of hydrogen-bond donors (Lipinski definition) is 0. The van der Waals surface area contributed by atoms with Crippen LogP contribution in [0.3, 0.4) is 0 Å². The first-order valence-corrected chi connectivity index (χ1v) is 8.22. The Morgan fingerprint density at radius 3 is 2.28 bits per heavy atom. The smallest absolute Gasteiger partial charge is 0.433 e. The summed E-state index contributed by atoms with van der Waals surface area (Å²) in [5, 5.41) is 0. The van der Waals surface area contributed by atoms with Crippen molar-refractivity contribution in [2.45, 2.75) is 25.9 Å². The molecule has 0 atom stereocenters. The van der Waals surface area contributed by atoms with Crippen molar-refractivity contribution < 1.29 is 17.9 Å². The van der Waals surface area contributed by atoms with Crippen LogP contribution in [0.25, 0.3) is 11.3 Å². The predicted octanol–water partition coefficient (Wildman–Crippen LogP) is 4.41. The van der Waals surface area contributed by atoms with Crippen molar-refractivity contribution in [3.05, 3.63) is 36.0 Å². The fourth-order valence-corrected chi connectivity index (χ4v) is 2.84. The lowest BCUT2D eigenvalue weighted by Crippen LogP contribution is -2.34. The number of piperidine rings is 1. The largest absolute Gasteiger partial charge is 0.497 e. The van der Waals surface area contributed by atoms with E-state index in [1.165, 1.54) is 7.11 Å². The number of ether oxygens (including phenoxy) is 1. The second-order valence-corrected chi connectivity index (χ2v) is 6.33. The van der Waals surface area contributed by atoms with E-state index in [4.69, 9.17) is 4.74 Å². The van der Waals surface area contributed by atoms with Gasteiger partial charge in [0.1, 0.15) is 5.75 Å². The van der Waals surface area contributed by atoms with Gasteiger partial charge < -0.3 is 9.64 Å². The number of halogens is 3. The lowest BCUT2D eigenvalue weighted by molar-refractivity contribution is -0.141. The number of hydrogen-bond acceptors (Lipinski definition) is 4. The van der Waals surface area contributed by atoms with E-state index in [2.05, 4.69) is 16.9 Å². The number of methoxy groups -OCH3 is 1. The fourth-order valence-electron chi connectivity index (χ4n) is 2.84. The van der Waals surface area contributed by atoms with Crippen LogP contribution in [0.15, 0.2) is 30.3 Å². The van der Waals surface area contributed by atoms with Crippen molar-refractivity contribution in [3.63, 3.8) is 0 Å². The van der Waals surface area contributed by atoms with Gasteiger partial charge >= 0.3 is 6.18 Å². The van der Waals surface area contributed by atoms with E-state index in [0.717, 1.165) is 18.9 Å². The minimum Gasteiger partial charge on any atom is -0.497 e.